The maximum absolute atomic E-state index is 13.2. The van der Waals surface area contributed by atoms with Gasteiger partial charge in [0.15, 0.2) is 0 Å². The number of ether oxygens (including phenoxy) is 1. The molecule has 1 N–H and O–H groups in total. The first-order valence-electron chi connectivity index (χ1n) is 11.8. The van der Waals surface area contributed by atoms with E-state index < -0.39 is 5.41 Å². The van der Waals surface area contributed by atoms with Crippen molar-refractivity contribution in [3.63, 3.8) is 0 Å². The molecule has 1 saturated carbocycles. The number of hydrogen-bond donors (Lipinski definition) is 1. The maximum atomic E-state index is 13.2. The number of rotatable bonds is 7. The Morgan fingerprint density at radius 1 is 1.09 bits per heavy atom. The lowest BCUT2D eigenvalue weighted by Gasteiger charge is -2.42. The molecule has 5 heteroatoms. The van der Waals surface area contributed by atoms with Crippen molar-refractivity contribution >= 4 is 11.8 Å². The molecule has 32 heavy (non-hydrogen) atoms. The van der Waals surface area contributed by atoms with Crippen LogP contribution in [0.3, 0.4) is 0 Å². The molecule has 0 unspecified atom stereocenters. The highest BCUT2D eigenvalue weighted by Crippen LogP contribution is 2.42. The molecule has 1 saturated heterocycles. The second kappa shape index (κ2) is 9.35. The third-order valence-electron chi connectivity index (χ3n) is 7.05. The number of methoxy groups -OCH3 is 1. The van der Waals surface area contributed by atoms with Gasteiger partial charge in [-0.25, -0.2) is 0 Å². The van der Waals surface area contributed by atoms with Gasteiger partial charge in [-0.05, 0) is 67.3 Å². The smallest absolute Gasteiger partial charge is 0.228 e. The van der Waals surface area contributed by atoms with Crippen LogP contribution in [-0.4, -0.2) is 43.5 Å². The lowest BCUT2D eigenvalue weighted by molar-refractivity contribution is -0.142. The molecule has 2 aromatic rings. The monoisotopic (exact) mass is 434 g/mol. The average molecular weight is 435 g/mol. The summed E-state index contributed by atoms with van der Waals surface area (Å²) in [5, 5.41) is 3.05. The fourth-order valence-corrected chi connectivity index (χ4v) is 4.97. The Kier molecular flexibility index (Phi) is 6.54. The Morgan fingerprint density at radius 2 is 1.72 bits per heavy atom. The molecule has 0 spiro atoms. The van der Waals surface area contributed by atoms with Crippen LogP contribution in [0, 0.1) is 17.3 Å². The van der Waals surface area contributed by atoms with Crippen LogP contribution in [0.2, 0.25) is 0 Å². The summed E-state index contributed by atoms with van der Waals surface area (Å²) in [6.45, 7) is 5.96. The van der Waals surface area contributed by atoms with Crippen molar-refractivity contribution in [3.8, 4) is 16.9 Å². The number of nitrogens with one attached hydrogen (secondary N) is 1. The Morgan fingerprint density at radius 3 is 2.28 bits per heavy atom. The number of hydrogen-bond acceptors (Lipinski definition) is 3. The van der Waals surface area contributed by atoms with Crippen LogP contribution in [0.15, 0.2) is 48.5 Å². The number of likely N-dealkylation sites (tertiary alicyclic amines) is 1. The summed E-state index contributed by atoms with van der Waals surface area (Å²) >= 11 is 0. The molecule has 2 amide bonds. The minimum absolute atomic E-state index is 0.0700. The van der Waals surface area contributed by atoms with Gasteiger partial charge in [0, 0.05) is 25.6 Å². The Labute approximate surface area is 191 Å². The SMILES string of the molecule is CCNC(=O)[C@]1(Cc2ccc(-c3ccc(OC)cc3)cc2)CCCN(C(=O)[C@@H]2C[C@H]2C)C1. The van der Waals surface area contributed by atoms with Crippen LogP contribution in [0.5, 0.6) is 5.75 Å². The molecule has 1 aliphatic carbocycles. The molecule has 0 radical (unpaired) electrons. The number of carbonyl (C=O) groups is 2. The number of piperidine rings is 1. The number of nitrogens with zero attached hydrogens (tertiary/aromatic N) is 1. The molecular weight excluding hydrogens is 400 g/mol. The van der Waals surface area contributed by atoms with E-state index in [1.54, 1.807) is 7.11 Å². The summed E-state index contributed by atoms with van der Waals surface area (Å²) in [4.78, 5) is 28.1. The van der Waals surface area contributed by atoms with E-state index in [1.807, 2.05) is 36.1 Å². The van der Waals surface area contributed by atoms with Crippen LogP contribution in [0.25, 0.3) is 11.1 Å². The number of amides is 2. The van der Waals surface area contributed by atoms with Gasteiger partial charge in [0.05, 0.1) is 12.5 Å². The predicted octanol–water partition coefficient (Wildman–Crippen LogP) is 4.31. The zero-order chi connectivity index (χ0) is 22.7. The first kappa shape index (κ1) is 22.4. The van der Waals surface area contributed by atoms with Gasteiger partial charge in [-0.2, -0.15) is 0 Å². The molecule has 5 nitrogen and oxygen atoms in total. The highest BCUT2D eigenvalue weighted by molar-refractivity contribution is 5.86. The first-order valence-corrected chi connectivity index (χ1v) is 11.8. The molecule has 0 aromatic heterocycles. The van der Waals surface area contributed by atoms with Crippen LogP contribution >= 0.6 is 0 Å². The Balaban J connectivity index is 1.53. The second-order valence-corrected chi connectivity index (χ2v) is 9.42. The van der Waals surface area contributed by atoms with Gasteiger partial charge in [0.1, 0.15) is 5.75 Å². The lowest BCUT2D eigenvalue weighted by atomic mass is 9.74. The molecule has 4 rings (SSSR count). The van der Waals surface area contributed by atoms with E-state index in [0.717, 1.165) is 48.2 Å². The van der Waals surface area contributed by atoms with E-state index in [1.165, 1.54) is 0 Å². The normalized spacial score (nSPS) is 24.7. The van der Waals surface area contributed by atoms with Gasteiger partial charge in [-0.1, -0.05) is 43.3 Å². The largest absolute Gasteiger partial charge is 0.497 e. The van der Waals surface area contributed by atoms with Gasteiger partial charge in [-0.3, -0.25) is 9.59 Å². The molecule has 2 aliphatic rings. The fraction of sp³-hybridized carbons (Fsp3) is 0.481. The molecular formula is C27H34N2O3. The summed E-state index contributed by atoms with van der Waals surface area (Å²) in [7, 11) is 1.67. The minimum atomic E-state index is -0.566. The molecule has 2 aromatic carbocycles. The zero-order valence-electron chi connectivity index (χ0n) is 19.4. The molecule has 1 aliphatic heterocycles. The van der Waals surface area contributed by atoms with Crippen LogP contribution in [0.1, 0.15) is 38.7 Å². The fourth-order valence-electron chi connectivity index (χ4n) is 4.97. The molecule has 170 valence electrons. The Hall–Kier alpha value is -2.82. The molecule has 2 fully saturated rings. The predicted molar refractivity (Wildman–Crippen MR) is 126 cm³/mol. The van der Waals surface area contributed by atoms with Crippen molar-refractivity contribution in [2.45, 2.75) is 39.5 Å². The van der Waals surface area contributed by atoms with E-state index in [2.05, 4.69) is 36.5 Å². The third-order valence-corrected chi connectivity index (χ3v) is 7.05. The van der Waals surface area contributed by atoms with Crippen LogP contribution in [0.4, 0.5) is 0 Å². The second-order valence-electron chi connectivity index (χ2n) is 9.42. The van der Waals surface area contributed by atoms with Crippen molar-refractivity contribution in [1.82, 2.24) is 10.2 Å². The summed E-state index contributed by atoms with van der Waals surface area (Å²) in [6, 6.07) is 16.5. The van der Waals surface area contributed by atoms with Gasteiger partial charge < -0.3 is 15.0 Å². The Bertz CT molecular complexity index is 954. The van der Waals surface area contributed by atoms with Gasteiger partial charge in [0.2, 0.25) is 11.8 Å². The highest BCUT2D eigenvalue weighted by atomic mass is 16.5. The first-order chi connectivity index (χ1) is 15.5. The minimum Gasteiger partial charge on any atom is -0.497 e. The van der Waals surface area contributed by atoms with E-state index in [9.17, 15) is 9.59 Å². The van der Waals surface area contributed by atoms with E-state index in [-0.39, 0.29) is 17.7 Å². The average Bonchev–Trinajstić information content (AvgIpc) is 3.56. The van der Waals surface area contributed by atoms with Crippen LogP contribution < -0.4 is 10.1 Å². The van der Waals surface area contributed by atoms with E-state index in [0.29, 0.717) is 25.4 Å². The third kappa shape index (κ3) is 4.67. The van der Waals surface area contributed by atoms with Gasteiger partial charge >= 0.3 is 0 Å². The summed E-state index contributed by atoms with van der Waals surface area (Å²) in [6.07, 6.45) is 3.30. The number of carbonyl (C=O) groups excluding carboxylic acids is 2. The summed E-state index contributed by atoms with van der Waals surface area (Å²) in [5.41, 5.74) is 2.82. The van der Waals surface area contributed by atoms with Crippen LogP contribution in [-0.2, 0) is 16.0 Å². The topological polar surface area (TPSA) is 58.6 Å². The van der Waals surface area contributed by atoms with Crippen molar-refractivity contribution in [2.24, 2.45) is 17.3 Å². The van der Waals surface area contributed by atoms with Gasteiger partial charge in [-0.15, -0.1) is 0 Å². The quantitative estimate of drug-likeness (QED) is 0.707. The molecule has 3 atom stereocenters. The molecule has 1 heterocycles. The maximum Gasteiger partial charge on any atom is 0.228 e. The highest BCUT2D eigenvalue weighted by Gasteiger charge is 2.47. The summed E-state index contributed by atoms with van der Waals surface area (Å²) in [5.74, 6) is 1.78. The van der Waals surface area contributed by atoms with Crippen molar-refractivity contribution in [2.75, 3.05) is 26.7 Å². The van der Waals surface area contributed by atoms with Crippen molar-refractivity contribution in [3.05, 3.63) is 54.1 Å². The standard InChI is InChI=1S/C27H34N2O3/c1-4-28-26(31)27(14-5-15-29(18-27)25(30)24-16-19(24)2)17-20-6-8-21(9-7-20)22-10-12-23(32-3)13-11-22/h6-13,19,24H,4-5,14-18H2,1-3H3,(H,28,31)/t19-,24-,27+/m1/s1. The van der Waals surface area contributed by atoms with Crippen molar-refractivity contribution in [1.29, 1.82) is 0 Å². The molecule has 0 bridgehead atoms. The van der Waals surface area contributed by atoms with E-state index in [4.69, 9.17) is 4.74 Å². The number of benzene rings is 2. The van der Waals surface area contributed by atoms with Crippen molar-refractivity contribution < 1.29 is 14.3 Å². The summed E-state index contributed by atoms with van der Waals surface area (Å²) < 4.78 is 5.25. The van der Waals surface area contributed by atoms with E-state index >= 15 is 0 Å². The van der Waals surface area contributed by atoms with Gasteiger partial charge in [0.25, 0.3) is 0 Å². The lowest BCUT2D eigenvalue weighted by Crippen LogP contribution is -2.54. The zero-order valence-corrected chi connectivity index (χ0v) is 19.4.